The molecule has 0 radical (unpaired) electrons. The largest absolute Gasteiger partial charge is 0.496 e. The van der Waals surface area contributed by atoms with E-state index in [1.54, 1.807) is 14.2 Å². The molecule has 0 saturated heterocycles. The maximum absolute atomic E-state index is 6.03. The summed E-state index contributed by atoms with van der Waals surface area (Å²) in [7, 11) is 3.50. The number of hydrogen-bond donors (Lipinski definition) is 0. The number of aryl methyl sites for hydroxylation is 2. The van der Waals surface area contributed by atoms with Gasteiger partial charge in [0.1, 0.15) is 11.5 Å². The monoisotopic (exact) mass is 374 g/mol. The van der Waals surface area contributed by atoms with Crippen molar-refractivity contribution in [3.05, 3.63) is 71.8 Å². The van der Waals surface area contributed by atoms with E-state index in [-0.39, 0.29) is 0 Å². The van der Waals surface area contributed by atoms with Crippen LogP contribution in [0.15, 0.2) is 60.7 Å². The van der Waals surface area contributed by atoms with Crippen molar-refractivity contribution in [3.63, 3.8) is 0 Å². The number of unbranched alkanes of at least 4 members (excludes halogenated alkanes) is 2. The Kier molecular flexibility index (Phi) is 6.76. The highest BCUT2D eigenvalue weighted by Gasteiger charge is 2.22. The summed E-state index contributed by atoms with van der Waals surface area (Å²) in [5.74, 6) is 1.76. The van der Waals surface area contributed by atoms with Crippen LogP contribution < -0.4 is 9.47 Å². The molecule has 3 aromatic rings. The standard InChI is InChI=1S/C26H30O2/c1-5-6-8-15-22-18-23(27-3)25(21-16-11-12-19(2)17-21)26(28-4)24(22)20-13-9-7-10-14-20/h7,9-14,16-18H,5-6,8,15H2,1-4H3. The molecule has 3 aromatic carbocycles. The molecule has 3 rings (SSSR count). The predicted molar refractivity (Wildman–Crippen MR) is 118 cm³/mol. The summed E-state index contributed by atoms with van der Waals surface area (Å²) in [6.45, 7) is 4.35. The van der Waals surface area contributed by atoms with Gasteiger partial charge >= 0.3 is 0 Å². The van der Waals surface area contributed by atoms with Crippen LogP contribution in [0.5, 0.6) is 11.5 Å². The van der Waals surface area contributed by atoms with E-state index in [0.717, 1.165) is 35.5 Å². The van der Waals surface area contributed by atoms with E-state index in [0.29, 0.717) is 0 Å². The highest BCUT2D eigenvalue weighted by molar-refractivity contribution is 5.88. The smallest absolute Gasteiger partial charge is 0.138 e. The summed E-state index contributed by atoms with van der Waals surface area (Å²) < 4.78 is 11.9. The molecule has 2 heteroatoms. The van der Waals surface area contributed by atoms with Gasteiger partial charge in [-0.05, 0) is 42.5 Å². The van der Waals surface area contributed by atoms with Gasteiger partial charge in [-0.15, -0.1) is 0 Å². The minimum atomic E-state index is 0.869. The predicted octanol–water partition coefficient (Wildman–Crippen LogP) is 7.08. The molecule has 0 aromatic heterocycles. The third-order valence-corrected chi connectivity index (χ3v) is 5.17. The molecule has 28 heavy (non-hydrogen) atoms. The Morgan fingerprint density at radius 2 is 1.50 bits per heavy atom. The van der Waals surface area contributed by atoms with Crippen LogP contribution in [0.25, 0.3) is 22.3 Å². The van der Waals surface area contributed by atoms with E-state index in [2.05, 4.69) is 74.5 Å². The first kappa shape index (κ1) is 20.0. The zero-order valence-corrected chi connectivity index (χ0v) is 17.4. The highest BCUT2D eigenvalue weighted by Crippen LogP contribution is 2.47. The molecule has 0 aliphatic heterocycles. The van der Waals surface area contributed by atoms with Crippen molar-refractivity contribution in [2.75, 3.05) is 14.2 Å². The molecule has 0 saturated carbocycles. The van der Waals surface area contributed by atoms with Crippen molar-refractivity contribution in [1.29, 1.82) is 0 Å². The van der Waals surface area contributed by atoms with Crippen molar-refractivity contribution < 1.29 is 9.47 Å². The molecule has 0 N–H and O–H groups in total. The summed E-state index contributed by atoms with van der Waals surface area (Å²) >= 11 is 0. The Morgan fingerprint density at radius 1 is 0.750 bits per heavy atom. The fourth-order valence-electron chi connectivity index (χ4n) is 3.81. The van der Waals surface area contributed by atoms with Gasteiger partial charge in [0.25, 0.3) is 0 Å². The van der Waals surface area contributed by atoms with Crippen molar-refractivity contribution in [1.82, 2.24) is 0 Å². The molecule has 0 aliphatic rings. The second-order valence-corrected chi connectivity index (χ2v) is 7.21. The van der Waals surface area contributed by atoms with Crippen LogP contribution in [0.1, 0.15) is 37.3 Å². The molecule has 0 bridgehead atoms. The van der Waals surface area contributed by atoms with E-state index in [1.165, 1.54) is 35.1 Å². The lowest BCUT2D eigenvalue weighted by atomic mass is 9.89. The van der Waals surface area contributed by atoms with Crippen LogP contribution in [-0.2, 0) is 6.42 Å². The van der Waals surface area contributed by atoms with E-state index >= 15 is 0 Å². The average molecular weight is 375 g/mol. The van der Waals surface area contributed by atoms with E-state index in [1.807, 2.05) is 0 Å². The zero-order valence-electron chi connectivity index (χ0n) is 17.4. The Bertz CT molecular complexity index is 913. The normalized spacial score (nSPS) is 10.7. The minimum absolute atomic E-state index is 0.869. The summed E-state index contributed by atoms with van der Waals surface area (Å²) in [6.07, 6.45) is 4.60. The molecule has 0 atom stereocenters. The quantitative estimate of drug-likeness (QED) is 0.392. The van der Waals surface area contributed by atoms with Crippen LogP contribution in [-0.4, -0.2) is 14.2 Å². The van der Waals surface area contributed by atoms with Crippen LogP contribution in [0.3, 0.4) is 0 Å². The Morgan fingerprint density at radius 3 is 2.14 bits per heavy atom. The molecular formula is C26H30O2. The van der Waals surface area contributed by atoms with Gasteiger partial charge in [0.05, 0.1) is 19.8 Å². The number of benzene rings is 3. The van der Waals surface area contributed by atoms with Gasteiger partial charge in [-0.2, -0.15) is 0 Å². The van der Waals surface area contributed by atoms with Crippen molar-refractivity contribution in [2.45, 2.75) is 39.5 Å². The van der Waals surface area contributed by atoms with Gasteiger partial charge in [0, 0.05) is 5.56 Å². The summed E-state index contributed by atoms with van der Waals surface area (Å²) in [4.78, 5) is 0. The van der Waals surface area contributed by atoms with Crippen LogP contribution >= 0.6 is 0 Å². The lowest BCUT2D eigenvalue weighted by Crippen LogP contribution is -2.01. The topological polar surface area (TPSA) is 18.5 Å². The summed E-state index contributed by atoms with van der Waals surface area (Å²) in [5.41, 5.74) is 7.00. The molecule has 0 aliphatic carbocycles. The van der Waals surface area contributed by atoms with Gasteiger partial charge in [-0.1, -0.05) is 79.9 Å². The number of rotatable bonds is 8. The molecule has 0 unspecified atom stereocenters. The third kappa shape index (κ3) is 4.22. The lowest BCUT2D eigenvalue weighted by Gasteiger charge is -2.21. The average Bonchev–Trinajstić information content (AvgIpc) is 2.73. The fourth-order valence-corrected chi connectivity index (χ4v) is 3.81. The van der Waals surface area contributed by atoms with Gasteiger partial charge in [-0.25, -0.2) is 0 Å². The number of hydrogen-bond acceptors (Lipinski definition) is 2. The number of methoxy groups -OCH3 is 2. The number of ether oxygens (including phenoxy) is 2. The molecule has 0 amide bonds. The fraction of sp³-hybridized carbons (Fsp3) is 0.308. The SMILES string of the molecule is CCCCCc1cc(OC)c(-c2cccc(C)c2)c(OC)c1-c1ccccc1. The van der Waals surface area contributed by atoms with Crippen LogP contribution in [0, 0.1) is 6.92 Å². The second-order valence-electron chi connectivity index (χ2n) is 7.21. The minimum Gasteiger partial charge on any atom is -0.496 e. The Balaban J connectivity index is 2.28. The Hall–Kier alpha value is -2.74. The van der Waals surface area contributed by atoms with Crippen LogP contribution in [0.2, 0.25) is 0 Å². The molecule has 2 nitrogen and oxygen atoms in total. The summed E-state index contributed by atoms with van der Waals surface area (Å²) in [6, 6.07) is 21.3. The van der Waals surface area contributed by atoms with Crippen LogP contribution in [0.4, 0.5) is 0 Å². The molecular weight excluding hydrogens is 344 g/mol. The first-order chi connectivity index (χ1) is 13.7. The van der Waals surface area contributed by atoms with E-state index < -0.39 is 0 Å². The second kappa shape index (κ2) is 9.45. The van der Waals surface area contributed by atoms with Crippen molar-refractivity contribution in [3.8, 4) is 33.8 Å². The first-order valence-corrected chi connectivity index (χ1v) is 10.1. The zero-order chi connectivity index (χ0) is 19.9. The Labute approximate surface area is 169 Å². The third-order valence-electron chi connectivity index (χ3n) is 5.17. The van der Waals surface area contributed by atoms with E-state index in [9.17, 15) is 0 Å². The van der Waals surface area contributed by atoms with Gasteiger partial charge < -0.3 is 9.47 Å². The van der Waals surface area contributed by atoms with Crippen molar-refractivity contribution in [2.24, 2.45) is 0 Å². The van der Waals surface area contributed by atoms with Crippen molar-refractivity contribution >= 4 is 0 Å². The molecule has 146 valence electrons. The lowest BCUT2D eigenvalue weighted by molar-refractivity contribution is 0.397. The first-order valence-electron chi connectivity index (χ1n) is 10.1. The maximum Gasteiger partial charge on any atom is 0.138 e. The molecule has 0 heterocycles. The van der Waals surface area contributed by atoms with Gasteiger partial charge in [0.2, 0.25) is 0 Å². The molecule has 0 spiro atoms. The van der Waals surface area contributed by atoms with Gasteiger partial charge in [0.15, 0.2) is 0 Å². The summed E-state index contributed by atoms with van der Waals surface area (Å²) in [5, 5.41) is 0. The van der Waals surface area contributed by atoms with Gasteiger partial charge in [-0.3, -0.25) is 0 Å². The molecule has 0 fully saturated rings. The van der Waals surface area contributed by atoms with E-state index in [4.69, 9.17) is 9.47 Å². The maximum atomic E-state index is 6.03. The highest BCUT2D eigenvalue weighted by atomic mass is 16.5.